The minimum atomic E-state index is -4.37. The highest BCUT2D eigenvalue weighted by atomic mass is 35.5. The zero-order valence-corrected chi connectivity index (χ0v) is 26.8. The van der Waals surface area contributed by atoms with Gasteiger partial charge in [0.25, 0.3) is 10.0 Å². The predicted octanol–water partition coefficient (Wildman–Crippen LogP) is 5.77. The molecule has 8 nitrogen and oxygen atoms in total. The van der Waals surface area contributed by atoms with Crippen LogP contribution in [0.5, 0.6) is 5.75 Å². The van der Waals surface area contributed by atoms with Crippen LogP contribution in [0.3, 0.4) is 0 Å². The molecule has 0 aromatic heterocycles. The van der Waals surface area contributed by atoms with Gasteiger partial charge in [0.2, 0.25) is 11.8 Å². The van der Waals surface area contributed by atoms with E-state index in [9.17, 15) is 22.4 Å². The fourth-order valence-corrected chi connectivity index (χ4v) is 6.45. The first-order valence-electron chi connectivity index (χ1n) is 14.3. The quantitative estimate of drug-likeness (QED) is 0.198. The molecule has 4 rings (SSSR count). The predicted molar refractivity (Wildman–Crippen MR) is 173 cm³/mol. The standard InChI is InChI=1S/C34H35ClFN3O5S/c1-4-37-34(41)31(20-25-10-6-5-7-11-25)38(22-26-12-8-9-13-29(26)36)33(40)23-39(30-21-27(35)16-19-32(30)44-3)45(42,43)28-17-14-24(2)15-18-28/h5-19,21,31H,4,20,22-23H2,1-3H3,(H,37,41). The van der Waals surface area contributed by atoms with E-state index in [2.05, 4.69) is 5.32 Å². The van der Waals surface area contributed by atoms with Gasteiger partial charge in [0.15, 0.2) is 0 Å². The molecular weight excluding hydrogens is 617 g/mol. The molecule has 4 aromatic carbocycles. The molecule has 0 heterocycles. The number of rotatable bonds is 13. The molecule has 1 atom stereocenters. The summed E-state index contributed by atoms with van der Waals surface area (Å²) < 4.78 is 49.8. The maximum absolute atomic E-state index is 15.0. The molecule has 2 amide bonds. The molecule has 45 heavy (non-hydrogen) atoms. The van der Waals surface area contributed by atoms with E-state index in [-0.39, 0.29) is 39.9 Å². The smallest absolute Gasteiger partial charge is 0.264 e. The first-order chi connectivity index (χ1) is 21.5. The second-order valence-corrected chi connectivity index (χ2v) is 12.7. The van der Waals surface area contributed by atoms with E-state index in [1.54, 1.807) is 25.1 Å². The van der Waals surface area contributed by atoms with E-state index in [0.717, 1.165) is 15.4 Å². The number of halogens is 2. The fraction of sp³-hybridized carbons (Fsp3) is 0.235. The lowest BCUT2D eigenvalue weighted by Crippen LogP contribution is -2.53. The maximum Gasteiger partial charge on any atom is 0.264 e. The SMILES string of the molecule is CCNC(=O)C(Cc1ccccc1)N(Cc1ccccc1F)C(=O)CN(c1cc(Cl)ccc1OC)S(=O)(=O)c1ccc(C)cc1. The van der Waals surface area contributed by atoms with E-state index in [0.29, 0.717) is 6.54 Å². The van der Waals surface area contributed by atoms with Crippen molar-refractivity contribution in [2.75, 3.05) is 24.5 Å². The van der Waals surface area contributed by atoms with Crippen molar-refractivity contribution >= 4 is 39.1 Å². The van der Waals surface area contributed by atoms with Gasteiger partial charge < -0.3 is 15.0 Å². The minimum absolute atomic E-state index is 0.0300. The first-order valence-corrected chi connectivity index (χ1v) is 16.1. The third kappa shape index (κ3) is 8.20. The van der Waals surface area contributed by atoms with Gasteiger partial charge in [0.05, 0.1) is 17.7 Å². The van der Waals surface area contributed by atoms with Gasteiger partial charge in [0.1, 0.15) is 24.2 Å². The Morgan fingerprint density at radius 1 is 0.956 bits per heavy atom. The molecule has 0 radical (unpaired) electrons. The van der Waals surface area contributed by atoms with Crippen LogP contribution in [-0.2, 0) is 32.6 Å². The summed E-state index contributed by atoms with van der Waals surface area (Å²) in [5.41, 5.74) is 1.81. The molecule has 0 spiro atoms. The number of nitrogens with one attached hydrogen (secondary N) is 1. The average molecular weight is 652 g/mol. The molecule has 236 valence electrons. The minimum Gasteiger partial charge on any atom is -0.495 e. The third-order valence-corrected chi connectivity index (χ3v) is 9.23. The third-order valence-electron chi connectivity index (χ3n) is 7.22. The number of likely N-dealkylation sites (N-methyl/N-ethyl adjacent to an activating group) is 1. The number of ether oxygens (including phenoxy) is 1. The van der Waals surface area contributed by atoms with Crippen molar-refractivity contribution in [3.63, 3.8) is 0 Å². The highest BCUT2D eigenvalue weighted by molar-refractivity contribution is 7.92. The highest BCUT2D eigenvalue weighted by Gasteiger charge is 2.36. The lowest BCUT2D eigenvalue weighted by molar-refractivity contribution is -0.140. The van der Waals surface area contributed by atoms with Gasteiger partial charge in [-0.3, -0.25) is 13.9 Å². The van der Waals surface area contributed by atoms with Gasteiger partial charge in [-0.1, -0.05) is 77.8 Å². The van der Waals surface area contributed by atoms with Crippen molar-refractivity contribution < 1.29 is 27.1 Å². The summed E-state index contributed by atoms with van der Waals surface area (Å²) in [6.07, 6.45) is 0.109. The van der Waals surface area contributed by atoms with Gasteiger partial charge in [-0.2, -0.15) is 0 Å². The Bertz CT molecular complexity index is 1740. The molecule has 0 saturated carbocycles. The Balaban J connectivity index is 1.85. The molecule has 1 unspecified atom stereocenters. The average Bonchev–Trinajstić information content (AvgIpc) is 3.03. The van der Waals surface area contributed by atoms with Crippen molar-refractivity contribution in [3.05, 3.63) is 125 Å². The molecule has 0 aliphatic carbocycles. The number of nitrogens with zero attached hydrogens (tertiary/aromatic N) is 2. The molecule has 0 fully saturated rings. The number of anilines is 1. The Morgan fingerprint density at radius 3 is 2.27 bits per heavy atom. The van der Waals surface area contributed by atoms with Crippen LogP contribution in [0.15, 0.2) is 102 Å². The molecule has 0 bridgehead atoms. The summed E-state index contributed by atoms with van der Waals surface area (Å²) in [6, 6.07) is 24.6. The number of hydrogen-bond acceptors (Lipinski definition) is 5. The number of carbonyl (C=O) groups is 2. The molecule has 1 N–H and O–H groups in total. The van der Waals surface area contributed by atoms with Crippen molar-refractivity contribution in [2.45, 2.75) is 37.8 Å². The van der Waals surface area contributed by atoms with Crippen LogP contribution < -0.4 is 14.4 Å². The molecule has 0 aliphatic heterocycles. The van der Waals surface area contributed by atoms with Crippen LogP contribution in [0.4, 0.5) is 10.1 Å². The number of aryl methyl sites for hydroxylation is 1. The maximum atomic E-state index is 15.0. The van der Waals surface area contributed by atoms with Gasteiger partial charge >= 0.3 is 0 Å². The van der Waals surface area contributed by atoms with Crippen LogP contribution in [-0.4, -0.2) is 51.4 Å². The number of sulfonamides is 1. The summed E-state index contributed by atoms with van der Waals surface area (Å²) in [5.74, 6) is -1.60. The molecule has 11 heteroatoms. The Morgan fingerprint density at radius 2 is 1.62 bits per heavy atom. The van der Waals surface area contributed by atoms with Gasteiger partial charge in [-0.25, -0.2) is 12.8 Å². The van der Waals surface area contributed by atoms with E-state index >= 15 is 0 Å². The number of benzene rings is 4. The molecular formula is C34H35ClFN3O5S. The van der Waals surface area contributed by atoms with Crippen LogP contribution in [0.2, 0.25) is 5.02 Å². The summed E-state index contributed by atoms with van der Waals surface area (Å²) in [6.45, 7) is 2.85. The molecule has 0 saturated heterocycles. The topological polar surface area (TPSA) is 96.0 Å². The summed E-state index contributed by atoms with van der Waals surface area (Å²) in [7, 11) is -3.00. The van der Waals surface area contributed by atoms with Gasteiger partial charge in [-0.05, 0) is 55.8 Å². The lowest BCUT2D eigenvalue weighted by atomic mass is 10.0. The summed E-state index contributed by atoms with van der Waals surface area (Å²) >= 11 is 6.31. The van der Waals surface area contributed by atoms with E-state index in [1.807, 2.05) is 37.3 Å². The monoisotopic (exact) mass is 651 g/mol. The second kappa shape index (κ2) is 15.0. The Labute approximate surface area is 268 Å². The Kier molecular flexibility index (Phi) is 11.2. The number of amides is 2. The van der Waals surface area contributed by atoms with Crippen LogP contribution in [0.25, 0.3) is 0 Å². The van der Waals surface area contributed by atoms with Crippen molar-refractivity contribution in [3.8, 4) is 5.75 Å². The van der Waals surface area contributed by atoms with Crippen LogP contribution in [0, 0.1) is 12.7 Å². The lowest BCUT2D eigenvalue weighted by Gasteiger charge is -2.34. The van der Waals surface area contributed by atoms with E-state index in [1.165, 1.54) is 60.5 Å². The number of methoxy groups -OCH3 is 1. The van der Waals surface area contributed by atoms with Gasteiger partial charge in [0, 0.05) is 30.1 Å². The highest BCUT2D eigenvalue weighted by Crippen LogP contribution is 2.35. The van der Waals surface area contributed by atoms with Crippen molar-refractivity contribution in [2.24, 2.45) is 0 Å². The summed E-state index contributed by atoms with van der Waals surface area (Å²) in [4.78, 5) is 29.2. The van der Waals surface area contributed by atoms with Crippen molar-refractivity contribution in [1.82, 2.24) is 10.2 Å². The van der Waals surface area contributed by atoms with Crippen LogP contribution in [0.1, 0.15) is 23.6 Å². The van der Waals surface area contributed by atoms with E-state index in [4.69, 9.17) is 16.3 Å². The number of carbonyl (C=O) groups excluding carboxylic acids is 2. The van der Waals surface area contributed by atoms with Crippen LogP contribution >= 0.6 is 11.6 Å². The van der Waals surface area contributed by atoms with E-state index < -0.39 is 40.2 Å². The fourth-order valence-electron chi connectivity index (χ4n) is 4.86. The number of hydrogen-bond donors (Lipinski definition) is 1. The zero-order valence-electron chi connectivity index (χ0n) is 25.2. The summed E-state index contributed by atoms with van der Waals surface area (Å²) in [5, 5.41) is 3.00. The first kappa shape index (κ1) is 33.5. The van der Waals surface area contributed by atoms with Gasteiger partial charge in [-0.15, -0.1) is 0 Å². The second-order valence-electron chi connectivity index (χ2n) is 10.4. The normalized spacial score (nSPS) is 11.8. The molecule has 4 aromatic rings. The Hall–Kier alpha value is -4.41. The zero-order chi connectivity index (χ0) is 32.6. The van der Waals surface area contributed by atoms with Crippen molar-refractivity contribution in [1.29, 1.82) is 0 Å². The largest absolute Gasteiger partial charge is 0.495 e. The molecule has 0 aliphatic rings.